The Labute approximate surface area is 145 Å². The molecule has 0 aliphatic carbocycles. The van der Waals surface area contributed by atoms with Crippen molar-refractivity contribution in [2.24, 2.45) is 0 Å². The first-order valence-electron chi connectivity index (χ1n) is 7.95. The predicted molar refractivity (Wildman–Crippen MR) is 97.7 cm³/mol. The van der Waals surface area contributed by atoms with Crippen LogP contribution in [0.15, 0.2) is 54.7 Å². The van der Waals surface area contributed by atoms with Gasteiger partial charge in [0.15, 0.2) is 0 Å². The number of hydrogen-bond acceptors (Lipinski definition) is 4. The van der Waals surface area contributed by atoms with Gasteiger partial charge in [-0.15, -0.1) is 0 Å². The van der Waals surface area contributed by atoms with Crippen molar-refractivity contribution in [1.29, 1.82) is 0 Å². The van der Waals surface area contributed by atoms with Gasteiger partial charge in [0.1, 0.15) is 11.6 Å². The fourth-order valence-electron chi connectivity index (χ4n) is 2.97. The van der Waals surface area contributed by atoms with Crippen molar-refractivity contribution in [3.05, 3.63) is 60.3 Å². The number of rotatable bonds is 3. The summed E-state index contributed by atoms with van der Waals surface area (Å²) in [4.78, 5) is 12.2. The molecule has 5 nitrogen and oxygen atoms in total. The van der Waals surface area contributed by atoms with Gasteiger partial charge in [-0.2, -0.15) is 0 Å². The number of benzene rings is 2. The van der Waals surface area contributed by atoms with Gasteiger partial charge in [-0.25, -0.2) is 9.97 Å². The molecule has 2 heterocycles. The summed E-state index contributed by atoms with van der Waals surface area (Å²) in [5, 5.41) is 10.3. The molecule has 0 saturated heterocycles. The molecule has 124 valence electrons. The molecule has 4 aromatic rings. The number of phenols is 1. The number of ether oxygens (including phenoxy) is 1. The number of para-hydroxylation sites is 1. The number of fused-ring (bicyclic) bond motifs is 1. The van der Waals surface area contributed by atoms with Crippen LogP contribution >= 0.6 is 0 Å². The fourth-order valence-corrected chi connectivity index (χ4v) is 2.97. The zero-order valence-corrected chi connectivity index (χ0v) is 13.9. The van der Waals surface area contributed by atoms with Gasteiger partial charge in [0.05, 0.1) is 23.7 Å². The van der Waals surface area contributed by atoms with Gasteiger partial charge >= 0.3 is 0 Å². The Morgan fingerprint density at radius 3 is 2.72 bits per heavy atom. The van der Waals surface area contributed by atoms with E-state index in [2.05, 4.69) is 15.0 Å². The SMILES string of the molecule is COc1ncccc1-c1ccc(O)c(-c2nc3c(C)cccc3[nH]2)c1. The van der Waals surface area contributed by atoms with Crippen molar-refractivity contribution < 1.29 is 9.84 Å². The summed E-state index contributed by atoms with van der Waals surface area (Å²) in [6, 6.07) is 15.2. The Morgan fingerprint density at radius 2 is 1.92 bits per heavy atom. The standard InChI is InChI=1S/C20H17N3O2/c1-12-5-3-7-16-18(12)23-19(22-16)15-11-13(8-9-17(15)24)14-6-4-10-21-20(14)25-2/h3-11,24H,1-2H3,(H,22,23). The molecule has 0 saturated carbocycles. The summed E-state index contributed by atoms with van der Waals surface area (Å²) in [5.41, 5.74) is 5.33. The lowest BCUT2D eigenvalue weighted by Crippen LogP contribution is -1.91. The number of nitrogens with zero attached hydrogens (tertiary/aromatic N) is 2. The molecule has 0 amide bonds. The van der Waals surface area contributed by atoms with Gasteiger partial charge in [-0.05, 0) is 48.4 Å². The first kappa shape index (κ1) is 15.2. The van der Waals surface area contributed by atoms with Crippen molar-refractivity contribution >= 4 is 11.0 Å². The lowest BCUT2D eigenvalue weighted by atomic mass is 10.0. The molecule has 5 heteroatoms. The highest BCUT2D eigenvalue weighted by atomic mass is 16.5. The van der Waals surface area contributed by atoms with E-state index in [-0.39, 0.29) is 5.75 Å². The van der Waals surface area contributed by atoms with E-state index in [0.29, 0.717) is 17.3 Å². The van der Waals surface area contributed by atoms with E-state index in [9.17, 15) is 5.11 Å². The number of aromatic nitrogens is 3. The van der Waals surface area contributed by atoms with Gasteiger partial charge in [0, 0.05) is 11.8 Å². The van der Waals surface area contributed by atoms with Crippen LogP contribution in [0, 0.1) is 6.92 Å². The molecule has 0 atom stereocenters. The maximum absolute atomic E-state index is 10.3. The van der Waals surface area contributed by atoms with E-state index < -0.39 is 0 Å². The largest absolute Gasteiger partial charge is 0.507 e. The molecule has 0 unspecified atom stereocenters. The second-order valence-electron chi connectivity index (χ2n) is 5.85. The van der Waals surface area contributed by atoms with E-state index >= 15 is 0 Å². The molecule has 25 heavy (non-hydrogen) atoms. The van der Waals surface area contributed by atoms with Gasteiger partial charge in [0.2, 0.25) is 5.88 Å². The lowest BCUT2D eigenvalue weighted by molar-refractivity contribution is 0.399. The summed E-state index contributed by atoms with van der Waals surface area (Å²) >= 11 is 0. The summed E-state index contributed by atoms with van der Waals surface area (Å²) in [7, 11) is 1.59. The van der Waals surface area contributed by atoms with Crippen LogP contribution in [0.1, 0.15) is 5.56 Å². The number of aromatic hydroxyl groups is 1. The third-order valence-corrected chi connectivity index (χ3v) is 4.24. The monoisotopic (exact) mass is 331 g/mol. The highest BCUT2D eigenvalue weighted by Gasteiger charge is 2.14. The number of phenolic OH excluding ortho intramolecular Hbond substituents is 1. The number of aromatic amines is 1. The Balaban J connectivity index is 1.88. The number of imidazole rings is 1. The van der Waals surface area contributed by atoms with E-state index in [1.165, 1.54) is 0 Å². The molecule has 0 spiro atoms. The molecule has 0 fully saturated rings. The molecule has 0 bridgehead atoms. The van der Waals surface area contributed by atoms with Crippen LogP contribution in [0.5, 0.6) is 11.6 Å². The van der Waals surface area contributed by atoms with Crippen LogP contribution < -0.4 is 4.74 Å². The van der Waals surface area contributed by atoms with Gasteiger partial charge in [0.25, 0.3) is 0 Å². The number of hydrogen-bond donors (Lipinski definition) is 2. The quantitative estimate of drug-likeness (QED) is 0.587. The maximum Gasteiger partial charge on any atom is 0.221 e. The molecule has 4 rings (SSSR count). The summed E-state index contributed by atoms with van der Waals surface area (Å²) < 4.78 is 5.34. The van der Waals surface area contributed by atoms with E-state index in [1.807, 2.05) is 49.4 Å². The van der Waals surface area contributed by atoms with Crippen LogP contribution in [0.2, 0.25) is 0 Å². The summed E-state index contributed by atoms with van der Waals surface area (Å²) in [5.74, 6) is 1.34. The average molecular weight is 331 g/mol. The maximum atomic E-state index is 10.3. The minimum atomic E-state index is 0.170. The number of methoxy groups -OCH3 is 1. The van der Waals surface area contributed by atoms with Crippen LogP contribution in [-0.4, -0.2) is 27.2 Å². The third kappa shape index (κ3) is 2.59. The fraction of sp³-hybridized carbons (Fsp3) is 0.100. The second-order valence-corrected chi connectivity index (χ2v) is 5.85. The zero-order chi connectivity index (χ0) is 17.4. The van der Waals surface area contributed by atoms with Crippen molar-refractivity contribution in [1.82, 2.24) is 15.0 Å². The predicted octanol–water partition coefficient (Wildman–Crippen LogP) is 4.31. The molecular formula is C20H17N3O2. The molecule has 2 aromatic carbocycles. The van der Waals surface area contributed by atoms with Crippen LogP contribution in [0.25, 0.3) is 33.5 Å². The lowest BCUT2D eigenvalue weighted by Gasteiger charge is -2.09. The van der Waals surface area contributed by atoms with Crippen LogP contribution in [-0.2, 0) is 0 Å². The van der Waals surface area contributed by atoms with Crippen LogP contribution in [0.3, 0.4) is 0 Å². The Bertz CT molecular complexity index is 1070. The number of H-pyrrole nitrogens is 1. The summed E-state index contributed by atoms with van der Waals surface area (Å²) in [6.45, 7) is 2.02. The number of nitrogens with one attached hydrogen (secondary N) is 1. The molecule has 0 aliphatic heterocycles. The third-order valence-electron chi connectivity index (χ3n) is 4.24. The van der Waals surface area contributed by atoms with Crippen molar-refractivity contribution in [2.75, 3.05) is 7.11 Å². The molecule has 0 aliphatic rings. The van der Waals surface area contributed by atoms with Crippen molar-refractivity contribution in [3.63, 3.8) is 0 Å². The van der Waals surface area contributed by atoms with Crippen molar-refractivity contribution in [3.8, 4) is 34.1 Å². The van der Waals surface area contributed by atoms with E-state index in [1.54, 1.807) is 19.4 Å². The Morgan fingerprint density at radius 1 is 1.04 bits per heavy atom. The van der Waals surface area contributed by atoms with E-state index in [4.69, 9.17) is 4.74 Å². The van der Waals surface area contributed by atoms with Gasteiger partial charge < -0.3 is 14.8 Å². The molecule has 2 N–H and O–H groups in total. The summed E-state index contributed by atoms with van der Waals surface area (Å²) in [6.07, 6.45) is 1.69. The normalized spacial score (nSPS) is 11.0. The molecular weight excluding hydrogens is 314 g/mol. The average Bonchev–Trinajstić information content (AvgIpc) is 3.07. The Hall–Kier alpha value is -3.34. The Kier molecular flexibility index (Phi) is 3.61. The van der Waals surface area contributed by atoms with Crippen molar-refractivity contribution in [2.45, 2.75) is 6.92 Å². The van der Waals surface area contributed by atoms with E-state index in [0.717, 1.165) is 27.7 Å². The highest BCUT2D eigenvalue weighted by molar-refractivity contribution is 5.84. The minimum Gasteiger partial charge on any atom is -0.507 e. The minimum absolute atomic E-state index is 0.170. The van der Waals surface area contributed by atoms with Gasteiger partial charge in [-0.3, -0.25) is 0 Å². The second kappa shape index (κ2) is 5.94. The highest BCUT2D eigenvalue weighted by Crippen LogP contribution is 2.35. The topological polar surface area (TPSA) is 71.0 Å². The van der Waals surface area contributed by atoms with Gasteiger partial charge in [-0.1, -0.05) is 18.2 Å². The first-order chi connectivity index (χ1) is 12.2. The number of aryl methyl sites for hydroxylation is 1. The smallest absolute Gasteiger partial charge is 0.221 e. The first-order valence-corrected chi connectivity index (χ1v) is 7.95. The zero-order valence-electron chi connectivity index (χ0n) is 13.9. The molecule has 0 radical (unpaired) electrons. The van der Waals surface area contributed by atoms with Crippen LogP contribution in [0.4, 0.5) is 0 Å². The number of pyridine rings is 1. The molecule has 2 aromatic heterocycles.